The molecule has 128 valence electrons. The summed E-state index contributed by atoms with van der Waals surface area (Å²) in [5.41, 5.74) is 2.14. The molecule has 4 nitrogen and oxygen atoms in total. The molecule has 1 aromatic carbocycles. The van der Waals surface area contributed by atoms with E-state index in [9.17, 15) is 4.79 Å². The van der Waals surface area contributed by atoms with Gasteiger partial charge in [-0.1, -0.05) is 23.4 Å². The molecule has 0 aliphatic heterocycles. The molecular weight excluding hydrogens is 374 g/mol. The highest BCUT2D eigenvalue weighted by Crippen LogP contribution is 2.39. The molecule has 0 radical (unpaired) electrons. The average molecular weight is 390 g/mol. The molecule has 3 aromatic rings. The summed E-state index contributed by atoms with van der Waals surface area (Å²) >= 11 is 9.11. The van der Waals surface area contributed by atoms with Crippen LogP contribution in [0.15, 0.2) is 35.6 Å². The number of benzene rings is 1. The van der Waals surface area contributed by atoms with Crippen LogP contribution in [0, 0.1) is 0 Å². The molecule has 0 saturated heterocycles. The number of amides is 1. The molecule has 0 saturated carbocycles. The lowest BCUT2D eigenvalue weighted by atomic mass is 9.97. The van der Waals surface area contributed by atoms with Crippen molar-refractivity contribution in [2.75, 3.05) is 11.1 Å². The molecule has 0 bridgehead atoms. The lowest BCUT2D eigenvalue weighted by Gasteiger charge is -2.11. The normalized spacial score (nSPS) is 13.6. The first kappa shape index (κ1) is 16.8. The van der Waals surface area contributed by atoms with Crippen molar-refractivity contribution in [3.8, 4) is 0 Å². The minimum Gasteiger partial charge on any atom is -0.325 e. The number of nitrogens with zero attached hydrogens (tertiary/aromatic N) is 2. The van der Waals surface area contributed by atoms with E-state index < -0.39 is 0 Å². The largest absolute Gasteiger partial charge is 0.325 e. The Morgan fingerprint density at radius 3 is 2.84 bits per heavy atom. The SMILES string of the molecule is O=C(CSc1ncnc2sc3c(c12)CCCC3)Nc1ccc(Cl)cc1. The molecule has 1 N–H and O–H groups in total. The highest BCUT2D eigenvalue weighted by atomic mass is 35.5. The van der Waals surface area contributed by atoms with Crippen LogP contribution in [0.2, 0.25) is 5.02 Å². The molecule has 0 atom stereocenters. The van der Waals surface area contributed by atoms with Crippen LogP contribution in [0.4, 0.5) is 5.69 Å². The minimum atomic E-state index is -0.0526. The average Bonchev–Trinajstić information content (AvgIpc) is 3.01. The molecule has 2 aromatic heterocycles. The first-order chi connectivity index (χ1) is 12.2. The fraction of sp³-hybridized carbons (Fsp3) is 0.278. The number of carbonyl (C=O) groups is 1. The number of rotatable bonds is 4. The predicted octanol–water partition coefficient (Wildman–Crippen LogP) is 4.95. The number of aromatic nitrogens is 2. The summed E-state index contributed by atoms with van der Waals surface area (Å²) in [5.74, 6) is 0.266. The van der Waals surface area contributed by atoms with Crippen LogP contribution in [0.1, 0.15) is 23.3 Å². The fourth-order valence-corrected chi connectivity index (χ4v) is 5.28. The Labute approximate surface area is 159 Å². The second-order valence-corrected chi connectivity index (χ2v) is 8.40. The quantitative estimate of drug-likeness (QED) is 0.506. The van der Waals surface area contributed by atoms with Gasteiger partial charge in [0.25, 0.3) is 0 Å². The molecule has 7 heteroatoms. The summed E-state index contributed by atoms with van der Waals surface area (Å²) in [6.07, 6.45) is 6.29. The van der Waals surface area contributed by atoms with Gasteiger partial charge in [-0.05, 0) is 55.5 Å². The standard InChI is InChI=1S/C18H16ClN3OS2/c19-11-5-7-12(8-6-11)22-15(23)9-24-17-16-13-3-1-2-4-14(13)25-18(16)21-10-20-17/h5-8,10H,1-4,9H2,(H,22,23). The zero-order valence-electron chi connectivity index (χ0n) is 13.4. The fourth-order valence-electron chi connectivity index (χ4n) is 3.03. The van der Waals surface area contributed by atoms with Crippen molar-refractivity contribution in [2.45, 2.75) is 30.7 Å². The number of hydrogen-bond acceptors (Lipinski definition) is 5. The van der Waals surface area contributed by atoms with Gasteiger partial charge < -0.3 is 5.32 Å². The Bertz CT molecular complexity index is 924. The van der Waals surface area contributed by atoms with Gasteiger partial charge in [0.05, 0.1) is 5.75 Å². The number of nitrogens with one attached hydrogen (secondary N) is 1. The van der Waals surface area contributed by atoms with Gasteiger partial charge in [0.15, 0.2) is 0 Å². The second kappa shape index (κ2) is 7.32. The molecule has 1 amide bonds. The van der Waals surface area contributed by atoms with Crippen molar-refractivity contribution in [1.29, 1.82) is 0 Å². The van der Waals surface area contributed by atoms with E-state index >= 15 is 0 Å². The number of fused-ring (bicyclic) bond motifs is 3. The van der Waals surface area contributed by atoms with E-state index in [1.807, 2.05) is 0 Å². The predicted molar refractivity (Wildman–Crippen MR) is 105 cm³/mol. The van der Waals surface area contributed by atoms with Gasteiger partial charge in [-0.2, -0.15) is 0 Å². The van der Waals surface area contributed by atoms with Gasteiger partial charge in [0.1, 0.15) is 16.2 Å². The topological polar surface area (TPSA) is 54.9 Å². The Morgan fingerprint density at radius 2 is 2.00 bits per heavy atom. The van der Waals surface area contributed by atoms with Gasteiger partial charge >= 0.3 is 0 Å². The maximum atomic E-state index is 12.2. The van der Waals surface area contributed by atoms with E-state index in [1.54, 1.807) is 41.9 Å². The lowest BCUT2D eigenvalue weighted by Crippen LogP contribution is -2.14. The highest BCUT2D eigenvalue weighted by molar-refractivity contribution is 8.00. The molecule has 2 heterocycles. The van der Waals surface area contributed by atoms with Crippen molar-refractivity contribution < 1.29 is 4.79 Å². The Kier molecular flexibility index (Phi) is 4.92. The van der Waals surface area contributed by atoms with E-state index in [2.05, 4.69) is 15.3 Å². The Morgan fingerprint density at radius 1 is 1.20 bits per heavy atom. The summed E-state index contributed by atoms with van der Waals surface area (Å²) in [4.78, 5) is 23.6. The molecule has 25 heavy (non-hydrogen) atoms. The number of carbonyl (C=O) groups excluding carboxylic acids is 1. The van der Waals surface area contributed by atoms with Gasteiger partial charge in [-0.3, -0.25) is 4.79 Å². The Hall–Kier alpha value is -1.63. The molecule has 0 unspecified atom stereocenters. The second-order valence-electron chi connectivity index (χ2n) is 5.91. The van der Waals surface area contributed by atoms with Crippen LogP contribution in [0.25, 0.3) is 10.2 Å². The monoisotopic (exact) mass is 389 g/mol. The number of thiophene rings is 1. The first-order valence-electron chi connectivity index (χ1n) is 8.14. The molecule has 1 aliphatic carbocycles. The van der Waals surface area contributed by atoms with E-state index in [1.165, 1.54) is 35.0 Å². The third-order valence-corrected chi connectivity index (χ3v) is 6.63. The molecule has 1 aliphatic rings. The van der Waals surface area contributed by atoms with Crippen LogP contribution in [0.3, 0.4) is 0 Å². The summed E-state index contributed by atoms with van der Waals surface area (Å²) in [5, 5.41) is 5.61. The molecule has 4 rings (SSSR count). The maximum Gasteiger partial charge on any atom is 0.234 e. The number of anilines is 1. The number of halogens is 1. The van der Waals surface area contributed by atoms with E-state index in [-0.39, 0.29) is 5.91 Å². The lowest BCUT2D eigenvalue weighted by molar-refractivity contribution is -0.113. The molecular formula is C18H16ClN3OS2. The first-order valence-corrected chi connectivity index (χ1v) is 10.3. The van der Waals surface area contributed by atoms with Gasteiger partial charge in [-0.25, -0.2) is 9.97 Å². The van der Waals surface area contributed by atoms with Crippen LogP contribution >= 0.6 is 34.7 Å². The number of aryl methyl sites for hydroxylation is 2. The van der Waals surface area contributed by atoms with E-state index in [4.69, 9.17) is 11.6 Å². The molecule has 0 spiro atoms. The maximum absolute atomic E-state index is 12.2. The Balaban J connectivity index is 1.50. The van der Waals surface area contributed by atoms with Gasteiger partial charge in [0.2, 0.25) is 5.91 Å². The summed E-state index contributed by atoms with van der Waals surface area (Å²) in [6, 6.07) is 7.11. The van der Waals surface area contributed by atoms with Crippen molar-refractivity contribution in [3.63, 3.8) is 0 Å². The van der Waals surface area contributed by atoms with Crippen LogP contribution < -0.4 is 5.32 Å². The van der Waals surface area contributed by atoms with E-state index in [0.717, 1.165) is 33.8 Å². The summed E-state index contributed by atoms with van der Waals surface area (Å²) in [7, 11) is 0. The van der Waals surface area contributed by atoms with Crippen molar-refractivity contribution in [3.05, 3.63) is 46.1 Å². The van der Waals surface area contributed by atoms with Crippen molar-refractivity contribution in [2.24, 2.45) is 0 Å². The van der Waals surface area contributed by atoms with Crippen LogP contribution in [0.5, 0.6) is 0 Å². The third-order valence-electron chi connectivity index (χ3n) is 4.18. The number of thioether (sulfide) groups is 1. The number of hydrogen-bond donors (Lipinski definition) is 1. The van der Waals surface area contributed by atoms with E-state index in [0.29, 0.717) is 10.8 Å². The van der Waals surface area contributed by atoms with Crippen molar-refractivity contribution in [1.82, 2.24) is 9.97 Å². The van der Waals surface area contributed by atoms with Gasteiger partial charge in [0, 0.05) is 21.0 Å². The van der Waals surface area contributed by atoms with Gasteiger partial charge in [-0.15, -0.1) is 11.3 Å². The van der Waals surface area contributed by atoms with Crippen LogP contribution in [-0.4, -0.2) is 21.6 Å². The minimum absolute atomic E-state index is 0.0526. The smallest absolute Gasteiger partial charge is 0.234 e. The highest BCUT2D eigenvalue weighted by Gasteiger charge is 2.20. The zero-order chi connectivity index (χ0) is 17.2. The molecule has 0 fully saturated rings. The zero-order valence-corrected chi connectivity index (χ0v) is 15.8. The summed E-state index contributed by atoms with van der Waals surface area (Å²) < 4.78 is 0. The summed E-state index contributed by atoms with van der Waals surface area (Å²) in [6.45, 7) is 0. The van der Waals surface area contributed by atoms with Crippen molar-refractivity contribution >= 4 is 56.5 Å². The van der Waals surface area contributed by atoms with Crippen LogP contribution in [-0.2, 0) is 17.6 Å². The third kappa shape index (κ3) is 3.66.